The van der Waals surface area contributed by atoms with Gasteiger partial charge in [-0.05, 0) is 55.0 Å². The van der Waals surface area contributed by atoms with Crippen molar-refractivity contribution >= 4 is 23.3 Å². The van der Waals surface area contributed by atoms with E-state index in [1.165, 1.54) is 48.5 Å². The van der Waals surface area contributed by atoms with Crippen LogP contribution in [0.5, 0.6) is 0 Å². The van der Waals surface area contributed by atoms with Crippen LogP contribution in [0.1, 0.15) is 40.0 Å². The van der Waals surface area contributed by atoms with Crippen LogP contribution in [0.15, 0.2) is 48.5 Å². The number of ketones is 1. The molecule has 0 atom stereocenters. The van der Waals surface area contributed by atoms with Gasteiger partial charge in [0.1, 0.15) is 12.2 Å². The highest BCUT2D eigenvalue weighted by atomic mass is 19.1. The van der Waals surface area contributed by atoms with Gasteiger partial charge in [-0.25, -0.2) is 9.18 Å². The highest BCUT2D eigenvalue weighted by molar-refractivity contribution is 5.96. The van der Waals surface area contributed by atoms with E-state index in [9.17, 15) is 18.8 Å². The third-order valence-electron chi connectivity index (χ3n) is 3.59. The summed E-state index contributed by atoms with van der Waals surface area (Å²) in [6, 6.07) is 13.1. The van der Waals surface area contributed by atoms with Gasteiger partial charge in [0.15, 0.2) is 5.78 Å². The van der Waals surface area contributed by atoms with E-state index in [1.807, 2.05) is 0 Å². The zero-order valence-electron chi connectivity index (χ0n) is 14.4. The molecular formula is C20H17FN2O4. The molecule has 0 aliphatic rings. The van der Waals surface area contributed by atoms with Gasteiger partial charge in [-0.2, -0.15) is 5.26 Å². The fourth-order valence-electron chi connectivity index (χ4n) is 2.23. The Hall–Kier alpha value is -3.53. The summed E-state index contributed by atoms with van der Waals surface area (Å²) in [7, 11) is 0. The number of ether oxygens (including phenoxy) is 1. The predicted molar refractivity (Wildman–Crippen MR) is 95.5 cm³/mol. The molecule has 1 amide bonds. The number of benzene rings is 2. The van der Waals surface area contributed by atoms with Crippen molar-refractivity contribution in [3.05, 3.63) is 65.5 Å². The summed E-state index contributed by atoms with van der Waals surface area (Å²) in [5.41, 5.74) is 1.19. The third kappa shape index (κ3) is 6.36. The Balaban J connectivity index is 1.75. The van der Waals surface area contributed by atoms with Gasteiger partial charge >= 0.3 is 5.97 Å². The molecule has 0 bridgehead atoms. The van der Waals surface area contributed by atoms with E-state index in [-0.39, 0.29) is 25.2 Å². The maximum Gasteiger partial charge on any atom is 0.338 e. The number of anilines is 1. The molecule has 138 valence electrons. The topological polar surface area (TPSA) is 96.3 Å². The molecule has 0 aromatic heterocycles. The number of amides is 1. The first-order valence-corrected chi connectivity index (χ1v) is 8.22. The molecule has 2 aromatic rings. The van der Waals surface area contributed by atoms with Gasteiger partial charge in [0.2, 0.25) is 5.91 Å². The van der Waals surface area contributed by atoms with Crippen LogP contribution in [-0.2, 0) is 9.53 Å². The van der Waals surface area contributed by atoms with Crippen molar-refractivity contribution in [3.63, 3.8) is 0 Å². The molecule has 6 nitrogen and oxygen atoms in total. The Morgan fingerprint density at radius 1 is 1.00 bits per heavy atom. The van der Waals surface area contributed by atoms with E-state index in [0.717, 1.165) is 0 Å². The SMILES string of the molecule is N#CCC(=O)Nc1ccc(C(=O)OCCCC(=O)c2ccc(F)cc2)cc1. The van der Waals surface area contributed by atoms with E-state index >= 15 is 0 Å². The van der Waals surface area contributed by atoms with Gasteiger partial charge in [-0.15, -0.1) is 0 Å². The van der Waals surface area contributed by atoms with Crippen molar-refractivity contribution in [2.75, 3.05) is 11.9 Å². The second kappa shape index (κ2) is 9.82. The van der Waals surface area contributed by atoms with Gasteiger partial charge in [-0.1, -0.05) is 0 Å². The maximum atomic E-state index is 12.8. The predicted octanol–water partition coefficient (Wildman–Crippen LogP) is 3.50. The average molecular weight is 368 g/mol. The van der Waals surface area contributed by atoms with Crippen LogP contribution in [-0.4, -0.2) is 24.3 Å². The monoisotopic (exact) mass is 368 g/mol. The summed E-state index contributed by atoms with van der Waals surface area (Å²) in [6.07, 6.45) is 0.285. The number of nitriles is 1. The lowest BCUT2D eigenvalue weighted by molar-refractivity contribution is -0.115. The second-order valence-electron chi connectivity index (χ2n) is 5.63. The Labute approximate surface area is 155 Å². The number of esters is 1. The van der Waals surface area contributed by atoms with Gasteiger partial charge in [0.05, 0.1) is 18.2 Å². The van der Waals surface area contributed by atoms with Gasteiger partial charge in [0, 0.05) is 17.7 Å². The van der Waals surface area contributed by atoms with E-state index in [4.69, 9.17) is 10.00 Å². The molecular weight excluding hydrogens is 351 g/mol. The quantitative estimate of drug-likeness (QED) is 0.437. The van der Waals surface area contributed by atoms with Crippen LogP contribution >= 0.6 is 0 Å². The van der Waals surface area contributed by atoms with E-state index in [2.05, 4.69) is 5.32 Å². The normalized spacial score (nSPS) is 9.93. The van der Waals surface area contributed by atoms with Crippen LogP contribution in [0.3, 0.4) is 0 Å². The molecule has 0 unspecified atom stereocenters. The number of hydrogen-bond donors (Lipinski definition) is 1. The number of rotatable bonds is 8. The molecule has 1 N–H and O–H groups in total. The number of carbonyl (C=O) groups excluding carboxylic acids is 3. The number of nitrogens with zero attached hydrogens (tertiary/aromatic N) is 1. The zero-order valence-corrected chi connectivity index (χ0v) is 14.4. The summed E-state index contributed by atoms with van der Waals surface area (Å²) in [6.45, 7) is 0.0758. The van der Waals surface area contributed by atoms with E-state index in [0.29, 0.717) is 23.2 Å². The standard InChI is InChI=1S/C20H17FN2O4/c21-16-7-3-14(4-8-16)18(24)2-1-13-27-20(26)15-5-9-17(10-6-15)23-19(25)11-12-22/h3-10H,1-2,11,13H2,(H,23,25). The van der Waals surface area contributed by atoms with Crippen LogP contribution in [0, 0.1) is 17.1 Å². The molecule has 7 heteroatoms. The highest BCUT2D eigenvalue weighted by Gasteiger charge is 2.10. The maximum absolute atomic E-state index is 12.8. The molecule has 0 saturated carbocycles. The summed E-state index contributed by atoms with van der Waals surface area (Å²) >= 11 is 0. The molecule has 0 saturated heterocycles. The number of hydrogen-bond acceptors (Lipinski definition) is 5. The van der Waals surface area contributed by atoms with Gasteiger partial charge in [-0.3, -0.25) is 9.59 Å². The van der Waals surface area contributed by atoms with E-state index in [1.54, 1.807) is 6.07 Å². The summed E-state index contributed by atoms with van der Waals surface area (Å²) < 4.78 is 17.9. The van der Waals surface area contributed by atoms with Crippen molar-refractivity contribution in [2.45, 2.75) is 19.3 Å². The first kappa shape index (κ1) is 19.8. The molecule has 2 aromatic carbocycles. The molecule has 0 heterocycles. The average Bonchev–Trinajstić information content (AvgIpc) is 2.66. The largest absolute Gasteiger partial charge is 0.462 e. The summed E-state index contributed by atoms with van der Waals surface area (Å²) in [4.78, 5) is 35.2. The van der Waals surface area contributed by atoms with Crippen LogP contribution in [0.25, 0.3) is 0 Å². The summed E-state index contributed by atoms with van der Waals surface area (Å²) in [5.74, 6) is -1.53. The number of nitrogens with one attached hydrogen (secondary N) is 1. The number of carbonyl (C=O) groups is 3. The minimum atomic E-state index is -0.542. The van der Waals surface area contributed by atoms with Crippen molar-refractivity contribution in [3.8, 4) is 6.07 Å². The lowest BCUT2D eigenvalue weighted by Crippen LogP contribution is -2.11. The number of Topliss-reactive ketones (excluding diaryl/α,β-unsaturated/α-hetero) is 1. The third-order valence-corrected chi connectivity index (χ3v) is 3.59. The highest BCUT2D eigenvalue weighted by Crippen LogP contribution is 2.12. The Morgan fingerprint density at radius 2 is 1.63 bits per heavy atom. The van der Waals surface area contributed by atoms with Crippen molar-refractivity contribution in [1.29, 1.82) is 5.26 Å². The Morgan fingerprint density at radius 3 is 2.26 bits per heavy atom. The molecule has 0 aliphatic heterocycles. The minimum absolute atomic E-state index is 0.0758. The van der Waals surface area contributed by atoms with Crippen LogP contribution in [0.4, 0.5) is 10.1 Å². The summed E-state index contributed by atoms with van der Waals surface area (Å²) in [5, 5.41) is 11.0. The molecule has 27 heavy (non-hydrogen) atoms. The molecule has 2 rings (SSSR count). The fraction of sp³-hybridized carbons (Fsp3) is 0.200. The Kier molecular flexibility index (Phi) is 7.20. The van der Waals surface area contributed by atoms with E-state index < -0.39 is 17.7 Å². The first-order chi connectivity index (χ1) is 13.0. The lowest BCUT2D eigenvalue weighted by atomic mass is 10.1. The molecule has 0 fully saturated rings. The number of halogens is 1. The first-order valence-electron chi connectivity index (χ1n) is 8.22. The van der Waals surface area contributed by atoms with Crippen LogP contribution < -0.4 is 5.32 Å². The smallest absolute Gasteiger partial charge is 0.338 e. The molecule has 0 aliphatic carbocycles. The minimum Gasteiger partial charge on any atom is -0.462 e. The van der Waals surface area contributed by atoms with Crippen LogP contribution in [0.2, 0.25) is 0 Å². The van der Waals surface area contributed by atoms with Crippen molar-refractivity contribution < 1.29 is 23.5 Å². The fourth-order valence-corrected chi connectivity index (χ4v) is 2.23. The van der Waals surface area contributed by atoms with Crippen molar-refractivity contribution in [1.82, 2.24) is 0 Å². The zero-order chi connectivity index (χ0) is 19.6. The van der Waals surface area contributed by atoms with Crippen molar-refractivity contribution in [2.24, 2.45) is 0 Å². The van der Waals surface area contributed by atoms with Gasteiger partial charge in [0.25, 0.3) is 0 Å². The Bertz CT molecular complexity index is 855. The molecule has 0 radical (unpaired) electrons. The second-order valence-corrected chi connectivity index (χ2v) is 5.63. The molecule has 0 spiro atoms. The van der Waals surface area contributed by atoms with Gasteiger partial charge < -0.3 is 10.1 Å². The lowest BCUT2D eigenvalue weighted by Gasteiger charge is -2.06.